The third-order valence-corrected chi connectivity index (χ3v) is 3.81. The number of para-hydroxylation sites is 1. The van der Waals surface area contributed by atoms with Crippen LogP contribution in [-0.4, -0.2) is 4.98 Å². The molecule has 2 aromatic rings. The number of halogens is 1. The zero-order chi connectivity index (χ0) is 11.4. The first-order chi connectivity index (χ1) is 7.79. The van der Waals surface area contributed by atoms with Crippen molar-refractivity contribution in [2.45, 2.75) is 20.0 Å². The van der Waals surface area contributed by atoms with E-state index in [1.165, 1.54) is 0 Å². The fourth-order valence-electron chi connectivity index (χ4n) is 1.29. The van der Waals surface area contributed by atoms with E-state index in [1.54, 1.807) is 11.3 Å². The molecule has 0 amide bonds. The van der Waals surface area contributed by atoms with Gasteiger partial charge in [0.25, 0.3) is 0 Å². The van der Waals surface area contributed by atoms with Crippen LogP contribution in [0.5, 0.6) is 5.75 Å². The lowest BCUT2D eigenvalue weighted by Gasteiger charge is -2.05. The van der Waals surface area contributed by atoms with Crippen molar-refractivity contribution in [2.24, 2.45) is 0 Å². The monoisotopic (exact) mass is 297 g/mol. The Bertz CT molecular complexity index is 470. The maximum absolute atomic E-state index is 5.68. The molecule has 0 N–H and O–H groups in total. The predicted octanol–water partition coefficient (Wildman–Crippen LogP) is 4.05. The van der Waals surface area contributed by atoms with Gasteiger partial charge in [-0.15, -0.1) is 11.3 Å². The number of rotatable bonds is 4. The van der Waals surface area contributed by atoms with Crippen LogP contribution < -0.4 is 4.74 Å². The molecule has 0 aliphatic rings. The summed E-state index contributed by atoms with van der Waals surface area (Å²) in [5.74, 6) is 0.855. The molecule has 0 saturated heterocycles. The van der Waals surface area contributed by atoms with Crippen LogP contribution in [-0.2, 0) is 13.0 Å². The van der Waals surface area contributed by atoms with Crippen LogP contribution in [0.2, 0.25) is 0 Å². The summed E-state index contributed by atoms with van der Waals surface area (Å²) in [6, 6.07) is 7.83. The summed E-state index contributed by atoms with van der Waals surface area (Å²) < 4.78 is 6.65. The minimum absolute atomic E-state index is 0.527. The fraction of sp³-hybridized carbons (Fsp3) is 0.250. The molecule has 0 aliphatic heterocycles. The van der Waals surface area contributed by atoms with E-state index in [0.29, 0.717) is 6.61 Å². The van der Waals surface area contributed by atoms with Gasteiger partial charge in [-0.3, -0.25) is 0 Å². The van der Waals surface area contributed by atoms with E-state index >= 15 is 0 Å². The van der Waals surface area contributed by atoms with Crippen molar-refractivity contribution in [3.63, 3.8) is 0 Å². The van der Waals surface area contributed by atoms with Crippen LogP contribution in [0.4, 0.5) is 0 Å². The Balaban J connectivity index is 1.99. The van der Waals surface area contributed by atoms with Crippen molar-refractivity contribution in [3.05, 3.63) is 44.8 Å². The molecule has 2 rings (SSSR count). The Hall–Kier alpha value is -0.870. The molecule has 0 spiro atoms. The Morgan fingerprint density at radius 2 is 2.19 bits per heavy atom. The largest absolute Gasteiger partial charge is 0.486 e. The van der Waals surface area contributed by atoms with Gasteiger partial charge in [-0.2, -0.15) is 0 Å². The van der Waals surface area contributed by atoms with Crippen LogP contribution in [0.15, 0.2) is 34.1 Å². The third-order valence-electron chi connectivity index (χ3n) is 2.11. The van der Waals surface area contributed by atoms with Crippen LogP contribution >= 0.6 is 27.3 Å². The van der Waals surface area contributed by atoms with Gasteiger partial charge in [-0.05, 0) is 34.5 Å². The molecule has 0 unspecified atom stereocenters. The smallest absolute Gasteiger partial charge is 0.134 e. The number of hydrogen-bond donors (Lipinski definition) is 0. The average Bonchev–Trinajstić information content (AvgIpc) is 2.76. The van der Waals surface area contributed by atoms with Crippen molar-refractivity contribution in [1.82, 2.24) is 4.98 Å². The van der Waals surface area contributed by atoms with E-state index in [1.807, 2.05) is 24.3 Å². The number of aromatic nitrogens is 1. The first-order valence-electron chi connectivity index (χ1n) is 5.10. The zero-order valence-corrected chi connectivity index (χ0v) is 11.3. The number of hydrogen-bond acceptors (Lipinski definition) is 3. The Kier molecular flexibility index (Phi) is 3.96. The molecule has 0 fully saturated rings. The van der Waals surface area contributed by atoms with E-state index in [2.05, 4.69) is 33.2 Å². The molecule has 0 radical (unpaired) electrons. The highest BCUT2D eigenvalue weighted by atomic mass is 79.9. The lowest BCUT2D eigenvalue weighted by Crippen LogP contribution is -1.96. The maximum atomic E-state index is 5.68. The molecule has 0 atom stereocenters. The van der Waals surface area contributed by atoms with Crippen molar-refractivity contribution in [2.75, 3.05) is 0 Å². The second-order valence-corrected chi connectivity index (χ2v) is 5.10. The molecule has 1 heterocycles. The summed E-state index contributed by atoms with van der Waals surface area (Å²) in [5, 5.41) is 3.21. The molecule has 0 aliphatic carbocycles. The van der Waals surface area contributed by atoms with Crippen LogP contribution in [0.25, 0.3) is 0 Å². The summed E-state index contributed by atoms with van der Waals surface area (Å²) >= 11 is 5.13. The Morgan fingerprint density at radius 1 is 1.38 bits per heavy atom. The highest BCUT2D eigenvalue weighted by molar-refractivity contribution is 9.10. The van der Waals surface area contributed by atoms with E-state index in [9.17, 15) is 0 Å². The topological polar surface area (TPSA) is 22.1 Å². The summed E-state index contributed by atoms with van der Waals surface area (Å²) in [6.07, 6.45) is 0.986. The van der Waals surface area contributed by atoms with Gasteiger partial charge in [0, 0.05) is 5.38 Å². The van der Waals surface area contributed by atoms with Gasteiger partial charge in [-0.1, -0.05) is 19.1 Å². The van der Waals surface area contributed by atoms with Gasteiger partial charge in [-0.25, -0.2) is 4.98 Å². The van der Waals surface area contributed by atoms with Gasteiger partial charge in [0.1, 0.15) is 12.4 Å². The molecule has 16 heavy (non-hydrogen) atoms. The minimum atomic E-state index is 0.527. The SMILES string of the molecule is CCc1nc(COc2ccccc2Br)cs1. The fourth-order valence-corrected chi connectivity index (χ4v) is 2.42. The van der Waals surface area contributed by atoms with Gasteiger partial charge in [0.2, 0.25) is 0 Å². The maximum Gasteiger partial charge on any atom is 0.134 e. The quantitative estimate of drug-likeness (QED) is 0.849. The molecule has 0 bridgehead atoms. The minimum Gasteiger partial charge on any atom is -0.486 e. The zero-order valence-electron chi connectivity index (χ0n) is 8.94. The number of benzene rings is 1. The van der Waals surface area contributed by atoms with E-state index < -0.39 is 0 Å². The van der Waals surface area contributed by atoms with Crippen molar-refractivity contribution in [1.29, 1.82) is 0 Å². The average molecular weight is 298 g/mol. The van der Waals surface area contributed by atoms with Gasteiger partial charge in [0.15, 0.2) is 0 Å². The predicted molar refractivity (Wildman–Crippen MR) is 70.0 cm³/mol. The van der Waals surface area contributed by atoms with E-state index in [-0.39, 0.29) is 0 Å². The second kappa shape index (κ2) is 5.46. The highest BCUT2D eigenvalue weighted by Gasteiger charge is 2.03. The molecular formula is C12H12BrNOS. The Morgan fingerprint density at radius 3 is 2.88 bits per heavy atom. The van der Waals surface area contributed by atoms with Crippen LogP contribution in [0.3, 0.4) is 0 Å². The molecule has 84 valence electrons. The van der Waals surface area contributed by atoms with Gasteiger partial charge >= 0.3 is 0 Å². The number of aryl methyl sites for hydroxylation is 1. The first kappa shape index (κ1) is 11.6. The van der Waals surface area contributed by atoms with Crippen molar-refractivity contribution in [3.8, 4) is 5.75 Å². The summed E-state index contributed by atoms with van der Waals surface area (Å²) in [6.45, 7) is 2.64. The lowest BCUT2D eigenvalue weighted by molar-refractivity contribution is 0.300. The molecule has 1 aromatic heterocycles. The summed E-state index contributed by atoms with van der Waals surface area (Å²) in [5.41, 5.74) is 0.998. The molecule has 1 aromatic carbocycles. The van der Waals surface area contributed by atoms with Gasteiger partial charge in [0.05, 0.1) is 15.2 Å². The second-order valence-electron chi connectivity index (χ2n) is 3.31. The standard InChI is InChI=1S/C12H12BrNOS/c1-2-12-14-9(8-16-12)7-15-11-6-4-3-5-10(11)13/h3-6,8H,2,7H2,1H3. The molecule has 4 heteroatoms. The van der Waals surface area contributed by atoms with Crippen LogP contribution in [0, 0.1) is 0 Å². The molecule has 0 saturated carbocycles. The summed E-state index contributed by atoms with van der Waals surface area (Å²) in [4.78, 5) is 4.45. The third kappa shape index (κ3) is 2.83. The number of nitrogens with zero attached hydrogens (tertiary/aromatic N) is 1. The van der Waals surface area contributed by atoms with Gasteiger partial charge < -0.3 is 4.74 Å². The van der Waals surface area contributed by atoms with E-state index in [4.69, 9.17) is 4.74 Å². The highest BCUT2D eigenvalue weighted by Crippen LogP contribution is 2.24. The van der Waals surface area contributed by atoms with Crippen LogP contribution in [0.1, 0.15) is 17.6 Å². The van der Waals surface area contributed by atoms with E-state index in [0.717, 1.165) is 27.3 Å². The summed E-state index contributed by atoms with van der Waals surface area (Å²) in [7, 11) is 0. The Labute approximate surface area is 107 Å². The molecule has 2 nitrogen and oxygen atoms in total. The number of ether oxygens (including phenoxy) is 1. The van der Waals surface area contributed by atoms with Crippen molar-refractivity contribution < 1.29 is 4.74 Å². The van der Waals surface area contributed by atoms with Crippen molar-refractivity contribution >= 4 is 27.3 Å². The normalized spacial score (nSPS) is 10.4. The lowest BCUT2D eigenvalue weighted by atomic mass is 10.3. The molecular weight excluding hydrogens is 286 g/mol. The number of thiazole rings is 1. The first-order valence-corrected chi connectivity index (χ1v) is 6.77.